The zero-order valence-corrected chi connectivity index (χ0v) is 13.3. The molecule has 7 nitrogen and oxygen atoms in total. The van der Waals surface area contributed by atoms with Crippen molar-refractivity contribution < 1.29 is 14.5 Å². The van der Waals surface area contributed by atoms with Crippen LogP contribution in [0.2, 0.25) is 0 Å². The van der Waals surface area contributed by atoms with E-state index in [0.717, 1.165) is 0 Å². The van der Waals surface area contributed by atoms with Crippen molar-refractivity contribution in [2.45, 2.75) is 20.3 Å². The summed E-state index contributed by atoms with van der Waals surface area (Å²) in [5, 5.41) is 16.2. The average Bonchev–Trinajstić information content (AvgIpc) is 2.54. The van der Waals surface area contributed by atoms with E-state index >= 15 is 0 Å². The zero-order valence-electron chi connectivity index (χ0n) is 13.3. The molecule has 2 rings (SSSR count). The lowest BCUT2D eigenvalue weighted by atomic mass is 10.1. The van der Waals surface area contributed by atoms with E-state index < -0.39 is 10.8 Å². The Morgan fingerprint density at radius 1 is 1.08 bits per heavy atom. The summed E-state index contributed by atoms with van der Waals surface area (Å²) in [6.45, 7) is 3.21. The Labute approximate surface area is 138 Å². The predicted octanol–water partition coefficient (Wildman–Crippen LogP) is 3.37. The minimum atomic E-state index is -0.475. The number of aryl methyl sites for hydroxylation is 1. The van der Waals surface area contributed by atoms with Crippen LogP contribution in [-0.4, -0.2) is 16.7 Å². The molecule has 0 unspecified atom stereocenters. The first kappa shape index (κ1) is 17.1. The van der Waals surface area contributed by atoms with Crippen LogP contribution in [0.15, 0.2) is 42.5 Å². The summed E-state index contributed by atoms with van der Waals surface area (Å²) in [6.07, 6.45) is 0.532. The van der Waals surface area contributed by atoms with Crippen LogP contribution in [0.1, 0.15) is 29.8 Å². The van der Waals surface area contributed by atoms with E-state index in [1.54, 1.807) is 24.3 Å². The van der Waals surface area contributed by atoms with Gasteiger partial charge < -0.3 is 10.6 Å². The van der Waals surface area contributed by atoms with Gasteiger partial charge in [-0.1, -0.05) is 19.1 Å². The minimum absolute atomic E-state index is 0.0245. The second-order valence-electron chi connectivity index (χ2n) is 5.13. The molecule has 0 aliphatic heterocycles. The van der Waals surface area contributed by atoms with Gasteiger partial charge in [-0.2, -0.15) is 0 Å². The maximum Gasteiger partial charge on any atom is 0.269 e. The largest absolute Gasteiger partial charge is 0.326 e. The molecule has 2 aromatic carbocycles. The standard InChI is InChI=1S/C17H17N3O4/c1-3-12-10-13(20(23)24)8-9-15(12)19-17(22)14-6-4-5-7-16(14)18-11(2)21/h4-10H,3H2,1-2H3,(H,18,21)(H,19,22). The number of carbonyl (C=O) groups is 2. The molecule has 0 aliphatic carbocycles. The highest BCUT2D eigenvalue weighted by Gasteiger charge is 2.15. The Hall–Kier alpha value is -3.22. The Morgan fingerprint density at radius 2 is 1.79 bits per heavy atom. The van der Waals surface area contributed by atoms with Crippen LogP contribution < -0.4 is 10.6 Å². The van der Waals surface area contributed by atoms with Gasteiger partial charge in [-0.05, 0) is 30.2 Å². The second kappa shape index (κ2) is 7.36. The van der Waals surface area contributed by atoms with Crippen LogP contribution >= 0.6 is 0 Å². The van der Waals surface area contributed by atoms with Gasteiger partial charge in [-0.15, -0.1) is 0 Å². The van der Waals surface area contributed by atoms with Gasteiger partial charge in [0, 0.05) is 24.7 Å². The lowest BCUT2D eigenvalue weighted by molar-refractivity contribution is -0.384. The molecular weight excluding hydrogens is 310 g/mol. The lowest BCUT2D eigenvalue weighted by Gasteiger charge is -2.12. The number of hydrogen-bond acceptors (Lipinski definition) is 4. The topological polar surface area (TPSA) is 101 Å². The Kier molecular flexibility index (Phi) is 5.26. The van der Waals surface area contributed by atoms with Crippen LogP contribution in [-0.2, 0) is 11.2 Å². The summed E-state index contributed by atoms with van der Waals surface area (Å²) in [5.41, 5.74) is 1.86. The maximum absolute atomic E-state index is 12.5. The molecule has 2 amide bonds. The van der Waals surface area contributed by atoms with Crippen LogP contribution in [0.5, 0.6) is 0 Å². The number of para-hydroxylation sites is 1. The number of anilines is 2. The van der Waals surface area contributed by atoms with E-state index in [0.29, 0.717) is 28.9 Å². The third kappa shape index (κ3) is 3.95. The molecule has 0 aliphatic rings. The van der Waals surface area contributed by atoms with Gasteiger partial charge in [-0.25, -0.2) is 0 Å². The summed E-state index contributed by atoms with van der Waals surface area (Å²) in [5.74, 6) is -0.678. The molecule has 0 aromatic heterocycles. The number of carbonyl (C=O) groups excluding carboxylic acids is 2. The number of nitrogens with one attached hydrogen (secondary N) is 2. The molecule has 0 radical (unpaired) electrons. The van der Waals surface area contributed by atoms with Crippen molar-refractivity contribution in [3.63, 3.8) is 0 Å². The summed E-state index contributed by atoms with van der Waals surface area (Å²) >= 11 is 0. The fraction of sp³-hybridized carbons (Fsp3) is 0.176. The molecule has 124 valence electrons. The lowest BCUT2D eigenvalue weighted by Crippen LogP contribution is -2.17. The maximum atomic E-state index is 12.5. The van der Waals surface area contributed by atoms with Crippen LogP contribution in [0.4, 0.5) is 17.1 Å². The molecule has 0 saturated heterocycles. The van der Waals surface area contributed by atoms with Crippen molar-refractivity contribution in [1.29, 1.82) is 0 Å². The van der Waals surface area contributed by atoms with E-state index in [-0.39, 0.29) is 11.6 Å². The third-order valence-corrected chi connectivity index (χ3v) is 3.41. The van der Waals surface area contributed by atoms with Crippen LogP contribution in [0.3, 0.4) is 0 Å². The monoisotopic (exact) mass is 327 g/mol. The Morgan fingerprint density at radius 3 is 2.42 bits per heavy atom. The van der Waals surface area contributed by atoms with E-state index in [2.05, 4.69) is 10.6 Å². The van der Waals surface area contributed by atoms with E-state index in [9.17, 15) is 19.7 Å². The summed E-state index contributed by atoms with van der Waals surface area (Å²) in [4.78, 5) is 34.1. The minimum Gasteiger partial charge on any atom is -0.326 e. The van der Waals surface area contributed by atoms with Gasteiger partial charge >= 0.3 is 0 Å². The van der Waals surface area contributed by atoms with Crippen LogP contribution in [0.25, 0.3) is 0 Å². The van der Waals surface area contributed by atoms with Crippen molar-refractivity contribution in [3.05, 3.63) is 63.7 Å². The summed E-state index contributed by atoms with van der Waals surface area (Å²) < 4.78 is 0. The molecule has 0 fully saturated rings. The molecule has 0 heterocycles. The molecule has 0 atom stereocenters. The zero-order chi connectivity index (χ0) is 17.7. The highest BCUT2D eigenvalue weighted by molar-refractivity contribution is 6.10. The van der Waals surface area contributed by atoms with Crippen LogP contribution in [0, 0.1) is 10.1 Å². The fourth-order valence-corrected chi connectivity index (χ4v) is 2.28. The first-order valence-electron chi connectivity index (χ1n) is 7.37. The smallest absolute Gasteiger partial charge is 0.269 e. The quantitative estimate of drug-likeness (QED) is 0.649. The van der Waals surface area contributed by atoms with Gasteiger partial charge in [0.25, 0.3) is 11.6 Å². The van der Waals surface area contributed by atoms with E-state index in [4.69, 9.17) is 0 Å². The number of benzene rings is 2. The van der Waals surface area contributed by atoms with E-state index in [1.807, 2.05) is 6.92 Å². The first-order chi connectivity index (χ1) is 11.4. The molecule has 24 heavy (non-hydrogen) atoms. The van der Waals surface area contributed by atoms with Gasteiger partial charge in [0.1, 0.15) is 0 Å². The highest BCUT2D eigenvalue weighted by Crippen LogP contribution is 2.24. The Bertz CT molecular complexity index is 802. The van der Waals surface area contributed by atoms with Gasteiger partial charge in [0.2, 0.25) is 5.91 Å². The SMILES string of the molecule is CCc1cc([N+](=O)[O-])ccc1NC(=O)c1ccccc1NC(C)=O. The van der Waals surface area contributed by atoms with Crippen molar-refractivity contribution in [2.24, 2.45) is 0 Å². The van der Waals surface area contributed by atoms with Crippen molar-refractivity contribution in [3.8, 4) is 0 Å². The molecule has 0 spiro atoms. The Balaban J connectivity index is 2.30. The number of hydrogen-bond donors (Lipinski definition) is 2. The van der Waals surface area contributed by atoms with Gasteiger partial charge in [0.05, 0.1) is 16.2 Å². The molecule has 2 aromatic rings. The second-order valence-corrected chi connectivity index (χ2v) is 5.13. The fourth-order valence-electron chi connectivity index (χ4n) is 2.28. The summed E-state index contributed by atoms with van der Waals surface area (Å²) in [7, 11) is 0. The number of non-ortho nitro benzene ring substituents is 1. The van der Waals surface area contributed by atoms with Crippen molar-refractivity contribution >= 4 is 28.9 Å². The van der Waals surface area contributed by atoms with Gasteiger partial charge in [0.15, 0.2) is 0 Å². The molecule has 2 N–H and O–H groups in total. The number of nitro benzene ring substituents is 1. The third-order valence-electron chi connectivity index (χ3n) is 3.41. The average molecular weight is 327 g/mol. The normalized spacial score (nSPS) is 10.1. The summed E-state index contributed by atoms with van der Waals surface area (Å²) in [6, 6.07) is 10.9. The number of amides is 2. The first-order valence-corrected chi connectivity index (χ1v) is 7.37. The highest BCUT2D eigenvalue weighted by atomic mass is 16.6. The molecule has 7 heteroatoms. The molecule has 0 saturated carbocycles. The van der Waals surface area contributed by atoms with Crippen molar-refractivity contribution in [1.82, 2.24) is 0 Å². The van der Waals surface area contributed by atoms with Gasteiger partial charge in [-0.3, -0.25) is 19.7 Å². The number of rotatable bonds is 5. The predicted molar refractivity (Wildman–Crippen MR) is 91.2 cm³/mol. The molecular formula is C17H17N3O4. The van der Waals surface area contributed by atoms with E-state index in [1.165, 1.54) is 25.1 Å². The molecule has 0 bridgehead atoms. The number of nitro groups is 1. The van der Waals surface area contributed by atoms with Crippen molar-refractivity contribution in [2.75, 3.05) is 10.6 Å². The number of nitrogens with zero attached hydrogens (tertiary/aromatic N) is 1.